The maximum atomic E-state index is 13.7. The molecule has 0 amide bonds. The first-order valence-corrected chi connectivity index (χ1v) is 5.24. The van der Waals surface area contributed by atoms with Crippen LogP contribution in [0.3, 0.4) is 0 Å². The van der Waals surface area contributed by atoms with Crippen molar-refractivity contribution in [2.75, 3.05) is 0 Å². The number of hydrogen-bond acceptors (Lipinski definition) is 2. The number of halogens is 5. The van der Waals surface area contributed by atoms with Crippen LogP contribution in [0.1, 0.15) is 11.3 Å². The Balaban J connectivity index is 2.64. The molecule has 0 saturated carbocycles. The lowest BCUT2D eigenvalue weighted by Gasteiger charge is -2.05. The molecule has 8 heteroatoms. The predicted molar refractivity (Wildman–Crippen MR) is 58.3 cm³/mol. The molecule has 2 rings (SSSR count). The van der Waals surface area contributed by atoms with Crippen LogP contribution in [-0.4, -0.2) is 9.55 Å². The summed E-state index contributed by atoms with van der Waals surface area (Å²) >= 11 is 0. The summed E-state index contributed by atoms with van der Waals surface area (Å²) in [6, 6.07) is 3.02. The van der Waals surface area contributed by atoms with E-state index in [1.165, 1.54) is 7.05 Å². The molecule has 0 N–H and O–H groups in total. The van der Waals surface area contributed by atoms with Gasteiger partial charge in [0.15, 0.2) is 5.69 Å². The number of imidazole rings is 1. The lowest BCUT2D eigenvalue weighted by molar-refractivity contribution is -0.140. The van der Waals surface area contributed by atoms with Gasteiger partial charge in [-0.15, -0.1) is 0 Å². The van der Waals surface area contributed by atoms with Gasteiger partial charge in [0.05, 0.1) is 17.2 Å². The quantitative estimate of drug-likeness (QED) is 0.755. The van der Waals surface area contributed by atoms with Crippen molar-refractivity contribution >= 4 is 0 Å². The first-order valence-electron chi connectivity index (χ1n) is 5.24. The molecule has 0 fully saturated rings. The Morgan fingerprint density at radius 2 is 1.75 bits per heavy atom. The summed E-state index contributed by atoms with van der Waals surface area (Å²) in [5.74, 6) is -2.80. The summed E-state index contributed by atoms with van der Waals surface area (Å²) < 4.78 is 65.9. The summed E-state index contributed by atoms with van der Waals surface area (Å²) in [6.07, 6.45) is -4.08. The molecule has 0 aliphatic rings. The fourth-order valence-corrected chi connectivity index (χ4v) is 1.69. The zero-order chi connectivity index (χ0) is 15.1. The monoisotopic (exact) mass is 287 g/mol. The van der Waals surface area contributed by atoms with E-state index in [-0.39, 0.29) is 5.56 Å². The second kappa shape index (κ2) is 4.59. The van der Waals surface area contributed by atoms with Crippen LogP contribution in [0.2, 0.25) is 0 Å². The maximum absolute atomic E-state index is 13.7. The van der Waals surface area contributed by atoms with Crippen molar-refractivity contribution in [3.05, 3.63) is 41.2 Å². The SMILES string of the molecule is Cn1cc(C(F)(F)F)nc1-c1c(F)cc(C#N)cc1F. The third-order valence-corrected chi connectivity index (χ3v) is 2.56. The van der Waals surface area contributed by atoms with E-state index < -0.39 is 34.9 Å². The van der Waals surface area contributed by atoms with Crippen molar-refractivity contribution in [3.63, 3.8) is 0 Å². The van der Waals surface area contributed by atoms with E-state index in [1.807, 2.05) is 0 Å². The van der Waals surface area contributed by atoms with Gasteiger partial charge in [0, 0.05) is 13.2 Å². The van der Waals surface area contributed by atoms with Gasteiger partial charge >= 0.3 is 6.18 Å². The molecule has 0 aliphatic heterocycles. The molecule has 0 bridgehead atoms. The fourth-order valence-electron chi connectivity index (χ4n) is 1.69. The lowest BCUT2D eigenvalue weighted by Crippen LogP contribution is -2.05. The van der Waals surface area contributed by atoms with E-state index in [0.29, 0.717) is 6.20 Å². The van der Waals surface area contributed by atoms with Crippen LogP contribution in [0.4, 0.5) is 22.0 Å². The van der Waals surface area contributed by atoms with Gasteiger partial charge in [0.25, 0.3) is 0 Å². The molecule has 3 nitrogen and oxygen atoms in total. The molecule has 0 spiro atoms. The van der Waals surface area contributed by atoms with Crippen molar-refractivity contribution in [2.24, 2.45) is 7.05 Å². The van der Waals surface area contributed by atoms with Gasteiger partial charge in [0.1, 0.15) is 17.5 Å². The van der Waals surface area contributed by atoms with E-state index in [4.69, 9.17) is 5.26 Å². The Bertz CT molecular complexity index is 686. The van der Waals surface area contributed by atoms with Crippen molar-refractivity contribution in [2.45, 2.75) is 6.18 Å². The van der Waals surface area contributed by atoms with Gasteiger partial charge in [0.2, 0.25) is 0 Å². The molecule has 0 aliphatic carbocycles. The van der Waals surface area contributed by atoms with Crippen LogP contribution in [0.5, 0.6) is 0 Å². The Morgan fingerprint density at radius 3 is 2.15 bits per heavy atom. The standard InChI is InChI=1S/C12H6F5N3/c1-20-5-9(12(15,16)17)19-11(20)10-7(13)2-6(4-18)3-8(10)14/h2-3,5H,1H3. The summed E-state index contributed by atoms with van der Waals surface area (Å²) in [5.41, 5.74) is -2.23. The molecule has 0 atom stereocenters. The highest BCUT2D eigenvalue weighted by Crippen LogP contribution is 2.32. The summed E-state index contributed by atoms with van der Waals surface area (Å²) in [6.45, 7) is 0. The topological polar surface area (TPSA) is 41.6 Å². The molecule has 1 heterocycles. The van der Waals surface area contributed by atoms with Crippen molar-refractivity contribution < 1.29 is 22.0 Å². The van der Waals surface area contributed by atoms with Crippen molar-refractivity contribution in [1.29, 1.82) is 5.26 Å². The number of aryl methyl sites for hydroxylation is 1. The molecule has 2 aromatic rings. The van der Waals surface area contributed by atoms with Crippen LogP contribution >= 0.6 is 0 Å². The zero-order valence-electron chi connectivity index (χ0n) is 9.96. The molecule has 0 unspecified atom stereocenters. The number of nitriles is 1. The van der Waals surface area contributed by atoms with Gasteiger partial charge in [-0.1, -0.05) is 0 Å². The zero-order valence-corrected chi connectivity index (χ0v) is 9.96. The van der Waals surface area contributed by atoms with Gasteiger partial charge in [-0.05, 0) is 12.1 Å². The third-order valence-electron chi connectivity index (χ3n) is 2.56. The first kappa shape index (κ1) is 14.0. The first-order chi connectivity index (χ1) is 9.24. The van der Waals surface area contributed by atoms with E-state index in [1.54, 1.807) is 6.07 Å². The number of hydrogen-bond donors (Lipinski definition) is 0. The highest BCUT2D eigenvalue weighted by molar-refractivity contribution is 5.59. The summed E-state index contributed by atoms with van der Waals surface area (Å²) in [5, 5.41) is 8.56. The van der Waals surface area contributed by atoms with Crippen molar-refractivity contribution in [1.82, 2.24) is 9.55 Å². The summed E-state index contributed by atoms with van der Waals surface area (Å²) in [4.78, 5) is 3.20. The van der Waals surface area contributed by atoms with E-state index in [0.717, 1.165) is 16.7 Å². The Labute approximate surface area is 109 Å². The molecule has 0 saturated heterocycles. The average Bonchev–Trinajstić information content (AvgIpc) is 2.70. The van der Waals surface area contributed by atoms with Gasteiger partial charge in [-0.2, -0.15) is 18.4 Å². The van der Waals surface area contributed by atoms with Crippen LogP contribution in [-0.2, 0) is 13.2 Å². The number of alkyl halides is 3. The third kappa shape index (κ3) is 2.34. The van der Waals surface area contributed by atoms with E-state index in [2.05, 4.69) is 4.98 Å². The van der Waals surface area contributed by atoms with Gasteiger partial charge in [-0.25, -0.2) is 13.8 Å². The Kier molecular flexibility index (Phi) is 3.21. The smallest absolute Gasteiger partial charge is 0.333 e. The second-order valence-electron chi connectivity index (χ2n) is 3.99. The van der Waals surface area contributed by atoms with Crippen LogP contribution in [0, 0.1) is 23.0 Å². The van der Waals surface area contributed by atoms with Gasteiger partial charge in [-0.3, -0.25) is 0 Å². The number of rotatable bonds is 1. The fraction of sp³-hybridized carbons (Fsp3) is 0.167. The Hall–Kier alpha value is -2.43. The normalized spacial score (nSPS) is 11.4. The van der Waals surface area contributed by atoms with E-state index in [9.17, 15) is 22.0 Å². The number of nitrogens with zero attached hydrogens (tertiary/aromatic N) is 3. The van der Waals surface area contributed by atoms with Crippen LogP contribution in [0.25, 0.3) is 11.4 Å². The van der Waals surface area contributed by atoms with Gasteiger partial charge < -0.3 is 4.57 Å². The molecule has 20 heavy (non-hydrogen) atoms. The van der Waals surface area contributed by atoms with Crippen LogP contribution in [0.15, 0.2) is 18.3 Å². The molecule has 104 valence electrons. The number of aromatic nitrogens is 2. The maximum Gasteiger partial charge on any atom is 0.434 e. The minimum atomic E-state index is -4.71. The Morgan fingerprint density at radius 1 is 1.20 bits per heavy atom. The number of benzene rings is 1. The van der Waals surface area contributed by atoms with Crippen LogP contribution < -0.4 is 0 Å². The second-order valence-corrected chi connectivity index (χ2v) is 3.99. The summed E-state index contributed by atoms with van der Waals surface area (Å²) in [7, 11) is 1.19. The molecule has 0 radical (unpaired) electrons. The highest BCUT2D eigenvalue weighted by atomic mass is 19.4. The predicted octanol–water partition coefficient (Wildman–Crippen LogP) is 3.26. The lowest BCUT2D eigenvalue weighted by atomic mass is 10.1. The molecular weight excluding hydrogens is 281 g/mol. The largest absolute Gasteiger partial charge is 0.434 e. The minimum absolute atomic E-state index is 0.269. The molecule has 1 aromatic heterocycles. The van der Waals surface area contributed by atoms with Crippen molar-refractivity contribution in [3.8, 4) is 17.5 Å². The molecule has 1 aromatic carbocycles. The average molecular weight is 287 g/mol. The highest BCUT2D eigenvalue weighted by Gasteiger charge is 2.35. The van der Waals surface area contributed by atoms with E-state index >= 15 is 0 Å². The molecular formula is C12H6F5N3. The minimum Gasteiger partial charge on any atom is -0.333 e.